The van der Waals surface area contributed by atoms with Crippen molar-refractivity contribution in [1.29, 1.82) is 0 Å². The third kappa shape index (κ3) is 6.02. The first-order valence-electron chi connectivity index (χ1n) is 8.71. The van der Waals surface area contributed by atoms with Crippen molar-refractivity contribution in [3.8, 4) is 5.75 Å². The summed E-state index contributed by atoms with van der Waals surface area (Å²) in [5, 5.41) is 13.8. The summed E-state index contributed by atoms with van der Waals surface area (Å²) < 4.78 is 10.3. The Morgan fingerprint density at radius 1 is 1.03 bits per heavy atom. The van der Waals surface area contributed by atoms with Gasteiger partial charge in [0.15, 0.2) is 6.10 Å². The molecular weight excluding hydrogens is 372 g/mol. The fourth-order valence-corrected chi connectivity index (χ4v) is 2.33. The molecule has 1 heterocycles. The molecule has 146 valence electrons. The van der Waals surface area contributed by atoms with E-state index in [1.807, 2.05) is 0 Å². The quantitative estimate of drug-likeness (QED) is 0.212. The summed E-state index contributed by atoms with van der Waals surface area (Å²) in [5.41, 5.74) is 3.43. The Kier molecular flexibility index (Phi) is 6.70. The standard InChI is InChI=1S/C22H18N2O5/c25-20(13-12-18-7-4-14-28-18)29-19-10-8-16(9-11-19)15-23-24-22(27)21(26)17-5-2-1-3-6-17/h1-15,21,26H,(H,24,27)/b13-12+,23-15+. The lowest BCUT2D eigenvalue weighted by Gasteiger charge is -2.08. The van der Waals surface area contributed by atoms with Crippen molar-refractivity contribution in [3.05, 3.63) is 96.0 Å². The summed E-state index contributed by atoms with van der Waals surface area (Å²) in [5.74, 6) is -0.265. The minimum Gasteiger partial charge on any atom is -0.465 e. The first-order valence-corrected chi connectivity index (χ1v) is 8.71. The number of nitrogens with zero attached hydrogens (tertiary/aromatic N) is 1. The fourth-order valence-electron chi connectivity index (χ4n) is 2.33. The Labute approximate surface area is 166 Å². The Hall–Kier alpha value is -3.97. The molecule has 7 heteroatoms. The van der Waals surface area contributed by atoms with Gasteiger partial charge in [-0.15, -0.1) is 0 Å². The minimum absolute atomic E-state index is 0.361. The number of benzene rings is 2. The number of esters is 1. The maximum atomic E-state index is 11.9. The van der Waals surface area contributed by atoms with E-state index in [0.717, 1.165) is 0 Å². The molecule has 1 aromatic heterocycles. The molecule has 0 radical (unpaired) electrons. The number of hydrazone groups is 1. The molecule has 29 heavy (non-hydrogen) atoms. The Morgan fingerprint density at radius 3 is 2.48 bits per heavy atom. The van der Waals surface area contributed by atoms with E-state index in [2.05, 4.69) is 10.5 Å². The van der Waals surface area contributed by atoms with Gasteiger partial charge in [-0.05, 0) is 53.6 Å². The zero-order chi connectivity index (χ0) is 20.5. The summed E-state index contributed by atoms with van der Waals surface area (Å²) in [6, 6.07) is 18.5. The van der Waals surface area contributed by atoms with Gasteiger partial charge in [0.2, 0.25) is 0 Å². The van der Waals surface area contributed by atoms with Gasteiger partial charge < -0.3 is 14.3 Å². The van der Waals surface area contributed by atoms with Gasteiger partial charge >= 0.3 is 5.97 Å². The molecule has 3 rings (SSSR count). The second kappa shape index (κ2) is 9.82. The lowest BCUT2D eigenvalue weighted by molar-refractivity contribution is -0.130. The van der Waals surface area contributed by atoms with Crippen LogP contribution in [0.4, 0.5) is 0 Å². The van der Waals surface area contributed by atoms with Gasteiger partial charge in [0.25, 0.3) is 5.91 Å². The SMILES string of the molecule is O=C(/C=C/c1ccco1)Oc1ccc(/C=N/NC(=O)C(O)c2ccccc2)cc1. The van der Waals surface area contributed by atoms with Gasteiger partial charge in [-0.2, -0.15) is 5.10 Å². The molecule has 0 fully saturated rings. The second-order valence-corrected chi connectivity index (χ2v) is 5.89. The first-order chi connectivity index (χ1) is 14.1. The van der Waals surface area contributed by atoms with Crippen molar-refractivity contribution in [3.63, 3.8) is 0 Å². The third-order valence-electron chi connectivity index (χ3n) is 3.78. The van der Waals surface area contributed by atoms with Gasteiger partial charge in [0.05, 0.1) is 12.5 Å². The average Bonchev–Trinajstić information content (AvgIpc) is 3.27. The van der Waals surface area contributed by atoms with Gasteiger partial charge in [-0.3, -0.25) is 4.79 Å². The number of aliphatic hydroxyl groups excluding tert-OH is 1. The molecule has 0 bridgehead atoms. The zero-order valence-corrected chi connectivity index (χ0v) is 15.3. The predicted octanol–water partition coefficient (Wildman–Crippen LogP) is 3.08. The summed E-state index contributed by atoms with van der Waals surface area (Å²) in [4.78, 5) is 23.7. The molecule has 2 aromatic carbocycles. The van der Waals surface area contributed by atoms with E-state index >= 15 is 0 Å². The largest absolute Gasteiger partial charge is 0.465 e. The van der Waals surface area contributed by atoms with Crippen LogP contribution >= 0.6 is 0 Å². The van der Waals surface area contributed by atoms with E-state index in [-0.39, 0.29) is 0 Å². The van der Waals surface area contributed by atoms with Crippen LogP contribution in [-0.4, -0.2) is 23.2 Å². The monoisotopic (exact) mass is 390 g/mol. The molecule has 3 aromatic rings. The number of ether oxygens (including phenoxy) is 1. The number of nitrogens with one attached hydrogen (secondary N) is 1. The van der Waals surface area contributed by atoms with Crippen LogP contribution in [0.5, 0.6) is 5.75 Å². The average molecular weight is 390 g/mol. The summed E-state index contributed by atoms with van der Waals surface area (Å²) in [7, 11) is 0. The van der Waals surface area contributed by atoms with Crippen molar-refractivity contribution in [2.24, 2.45) is 5.10 Å². The Balaban J connectivity index is 1.49. The highest BCUT2D eigenvalue weighted by Crippen LogP contribution is 2.13. The third-order valence-corrected chi connectivity index (χ3v) is 3.78. The van der Waals surface area contributed by atoms with Gasteiger partial charge in [-0.25, -0.2) is 10.2 Å². The Morgan fingerprint density at radius 2 is 1.79 bits per heavy atom. The number of furan rings is 1. The molecule has 7 nitrogen and oxygen atoms in total. The van der Waals surface area contributed by atoms with Crippen molar-refractivity contribution in [2.45, 2.75) is 6.10 Å². The number of aliphatic hydroxyl groups is 1. The molecule has 0 saturated carbocycles. The number of rotatable bonds is 7. The van der Waals surface area contributed by atoms with E-state index in [9.17, 15) is 14.7 Å². The second-order valence-electron chi connectivity index (χ2n) is 5.89. The molecule has 1 unspecified atom stereocenters. The van der Waals surface area contributed by atoms with Crippen LogP contribution in [0.3, 0.4) is 0 Å². The van der Waals surface area contributed by atoms with E-state index in [1.54, 1.807) is 66.7 Å². The van der Waals surface area contributed by atoms with Crippen LogP contribution in [0.2, 0.25) is 0 Å². The molecule has 0 saturated heterocycles. The van der Waals surface area contributed by atoms with E-state index in [1.165, 1.54) is 24.6 Å². The van der Waals surface area contributed by atoms with E-state index in [4.69, 9.17) is 9.15 Å². The van der Waals surface area contributed by atoms with Gasteiger partial charge in [0.1, 0.15) is 11.5 Å². The van der Waals surface area contributed by atoms with Crippen LogP contribution < -0.4 is 10.2 Å². The highest BCUT2D eigenvalue weighted by Gasteiger charge is 2.15. The number of amides is 1. The normalized spacial score (nSPS) is 12.2. The predicted molar refractivity (Wildman–Crippen MR) is 107 cm³/mol. The van der Waals surface area contributed by atoms with Crippen LogP contribution in [0.1, 0.15) is 23.0 Å². The fraction of sp³-hybridized carbons (Fsp3) is 0.0455. The maximum Gasteiger partial charge on any atom is 0.336 e. The highest BCUT2D eigenvalue weighted by atomic mass is 16.5. The summed E-state index contributed by atoms with van der Waals surface area (Å²) in [6.45, 7) is 0. The molecule has 1 atom stereocenters. The van der Waals surface area contributed by atoms with Crippen LogP contribution in [0.15, 0.2) is 88.6 Å². The molecule has 1 amide bonds. The molecule has 2 N–H and O–H groups in total. The van der Waals surface area contributed by atoms with Gasteiger partial charge in [-0.1, -0.05) is 30.3 Å². The van der Waals surface area contributed by atoms with E-state index in [0.29, 0.717) is 22.6 Å². The van der Waals surface area contributed by atoms with Crippen molar-refractivity contribution >= 4 is 24.2 Å². The number of hydrogen-bond donors (Lipinski definition) is 2. The molecule has 0 aliphatic heterocycles. The number of carbonyl (C=O) groups is 2. The highest BCUT2D eigenvalue weighted by molar-refractivity contribution is 5.88. The molecule has 0 aliphatic rings. The maximum absolute atomic E-state index is 11.9. The topological polar surface area (TPSA) is 101 Å². The molecule has 0 spiro atoms. The van der Waals surface area contributed by atoms with Crippen LogP contribution in [-0.2, 0) is 9.59 Å². The van der Waals surface area contributed by atoms with Crippen molar-refractivity contribution < 1.29 is 23.8 Å². The lowest BCUT2D eigenvalue weighted by atomic mass is 10.1. The first kappa shape index (κ1) is 19.8. The van der Waals surface area contributed by atoms with E-state index < -0.39 is 18.0 Å². The minimum atomic E-state index is -1.30. The number of carbonyl (C=O) groups excluding carboxylic acids is 2. The summed E-state index contributed by atoms with van der Waals surface area (Å²) in [6.07, 6.45) is 4.40. The molecule has 0 aliphatic carbocycles. The smallest absolute Gasteiger partial charge is 0.336 e. The zero-order valence-electron chi connectivity index (χ0n) is 15.3. The van der Waals surface area contributed by atoms with Gasteiger partial charge in [0, 0.05) is 6.08 Å². The van der Waals surface area contributed by atoms with Crippen molar-refractivity contribution in [2.75, 3.05) is 0 Å². The summed E-state index contributed by atoms with van der Waals surface area (Å²) >= 11 is 0. The van der Waals surface area contributed by atoms with Crippen molar-refractivity contribution in [1.82, 2.24) is 5.43 Å². The molecular formula is C22H18N2O5. The lowest BCUT2D eigenvalue weighted by Crippen LogP contribution is -2.25. The van der Waals surface area contributed by atoms with Crippen LogP contribution in [0.25, 0.3) is 6.08 Å². The van der Waals surface area contributed by atoms with Crippen LogP contribution in [0, 0.1) is 0 Å². The number of hydrogen-bond acceptors (Lipinski definition) is 6. The Bertz CT molecular complexity index is 993.